The third-order valence-corrected chi connectivity index (χ3v) is 3.70. The van der Waals surface area contributed by atoms with Crippen LogP contribution >= 0.6 is 8.69 Å². The third-order valence-electron chi connectivity index (χ3n) is 3.32. The summed E-state index contributed by atoms with van der Waals surface area (Å²) >= 11 is 0. The van der Waals surface area contributed by atoms with Crippen molar-refractivity contribution in [1.82, 2.24) is 0 Å². The van der Waals surface area contributed by atoms with Gasteiger partial charge in [0.2, 0.25) is 0 Å². The van der Waals surface area contributed by atoms with Crippen LogP contribution in [0, 0.1) is 0 Å². The highest BCUT2D eigenvalue weighted by Crippen LogP contribution is 2.21. The van der Waals surface area contributed by atoms with Crippen molar-refractivity contribution < 1.29 is 14.2 Å². The first-order valence-corrected chi connectivity index (χ1v) is 7.22. The summed E-state index contributed by atoms with van der Waals surface area (Å²) in [5, 5.41) is 9.68. The average Bonchev–Trinajstić information content (AvgIpc) is 2.26. The van der Waals surface area contributed by atoms with Gasteiger partial charge in [0.25, 0.3) is 0 Å². The summed E-state index contributed by atoms with van der Waals surface area (Å²) in [6, 6.07) is 0. The van der Waals surface area contributed by atoms with E-state index in [1.807, 2.05) is 0 Å². The molecule has 1 aliphatic rings. The minimum atomic E-state index is -0.191. The van der Waals surface area contributed by atoms with Gasteiger partial charge in [0.05, 0.1) is 12.2 Å². The van der Waals surface area contributed by atoms with E-state index in [9.17, 15) is 9.67 Å². The second-order valence-corrected chi connectivity index (χ2v) is 5.09. The first kappa shape index (κ1) is 14.1. The Morgan fingerprint density at radius 2 is 1.38 bits per heavy atom. The standard InChI is InChI=1S/C12H23O3P/c13-11-7-3-1-2-4-9-12(15-16-14)10-6-5-8-11/h11-13H,1-10H2. The molecule has 0 spiro atoms. The van der Waals surface area contributed by atoms with Crippen LogP contribution in [0.3, 0.4) is 0 Å². The van der Waals surface area contributed by atoms with E-state index in [4.69, 9.17) is 4.52 Å². The summed E-state index contributed by atoms with van der Waals surface area (Å²) in [5.74, 6) is 0. The van der Waals surface area contributed by atoms with Crippen molar-refractivity contribution in [1.29, 1.82) is 0 Å². The van der Waals surface area contributed by atoms with Gasteiger partial charge in [-0.1, -0.05) is 38.5 Å². The molecule has 1 rings (SSSR count). The fourth-order valence-corrected chi connectivity index (χ4v) is 2.64. The van der Waals surface area contributed by atoms with Crippen molar-refractivity contribution in [2.75, 3.05) is 0 Å². The van der Waals surface area contributed by atoms with Gasteiger partial charge in [-0.2, -0.15) is 0 Å². The van der Waals surface area contributed by atoms with Gasteiger partial charge in [-0.05, 0) is 25.7 Å². The van der Waals surface area contributed by atoms with Crippen LogP contribution in [-0.4, -0.2) is 17.3 Å². The van der Waals surface area contributed by atoms with Crippen LogP contribution in [0.4, 0.5) is 0 Å². The molecule has 0 aromatic carbocycles. The second kappa shape index (κ2) is 9.09. The largest absolute Gasteiger partial charge is 0.393 e. The quantitative estimate of drug-likeness (QED) is 0.753. The Balaban J connectivity index is 2.28. The highest BCUT2D eigenvalue weighted by atomic mass is 31.1. The van der Waals surface area contributed by atoms with Crippen molar-refractivity contribution in [2.45, 2.75) is 76.4 Å². The molecule has 0 saturated heterocycles. The van der Waals surface area contributed by atoms with E-state index < -0.39 is 0 Å². The van der Waals surface area contributed by atoms with Crippen LogP contribution in [0.15, 0.2) is 0 Å². The molecule has 0 amide bonds. The van der Waals surface area contributed by atoms with E-state index in [1.54, 1.807) is 0 Å². The molecule has 2 unspecified atom stereocenters. The van der Waals surface area contributed by atoms with Gasteiger partial charge < -0.3 is 5.11 Å². The number of rotatable bonds is 2. The second-order valence-electron chi connectivity index (χ2n) is 4.73. The molecule has 16 heavy (non-hydrogen) atoms. The SMILES string of the molecule is O=POC1CCCCCCC(O)CCCC1. The van der Waals surface area contributed by atoms with Crippen LogP contribution in [0.5, 0.6) is 0 Å². The summed E-state index contributed by atoms with van der Waals surface area (Å²) in [7, 11) is -0.191. The van der Waals surface area contributed by atoms with Crippen LogP contribution in [-0.2, 0) is 9.09 Å². The lowest BCUT2D eigenvalue weighted by atomic mass is 9.98. The molecule has 0 heterocycles. The number of hydrogen-bond acceptors (Lipinski definition) is 3. The minimum absolute atomic E-state index is 0.114. The number of aliphatic hydroxyl groups is 1. The smallest absolute Gasteiger partial charge is 0.327 e. The van der Waals surface area contributed by atoms with Crippen molar-refractivity contribution in [2.24, 2.45) is 0 Å². The predicted molar refractivity (Wildman–Crippen MR) is 64.7 cm³/mol. The number of aliphatic hydroxyl groups excluding tert-OH is 1. The maximum atomic E-state index is 10.4. The Morgan fingerprint density at radius 3 is 2.00 bits per heavy atom. The lowest BCUT2D eigenvalue weighted by molar-refractivity contribution is 0.139. The predicted octanol–water partition coefficient (Wildman–Crippen LogP) is 3.85. The van der Waals surface area contributed by atoms with E-state index in [1.165, 1.54) is 12.8 Å². The van der Waals surface area contributed by atoms with Crippen LogP contribution in [0.1, 0.15) is 64.2 Å². The average molecular weight is 246 g/mol. The highest BCUT2D eigenvalue weighted by molar-refractivity contribution is 7.17. The van der Waals surface area contributed by atoms with E-state index in [2.05, 4.69) is 0 Å². The molecule has 3 nitrogen and oxygen atoms in total. The lowest BCUT2D eigenvalue weighted by Gasteiger charge is -2.16. The molecule has 0 bridgehead atoms. The van der Waals surface area contributed by atoms with Crippen molar-refractivity contribution in [3.05, 3.63) is 0 Å². The molecule has 0 aromatic heterocycles. The molecule has 4 heteroatoms. The molecule has 1 aliphatic carbocycles. The maximum Gasteiger partial charge on any atom is 0.327 e. The molecule has 0 radical (unpaired) electrons. The Morgan fingerprint density at radius 1 is 0.875 bits per heavy atom. The molecule has 0 aromatic rings. The van der Waals surface area contributed by atoms with Gasteiger partial charge in [0.1, 0.15) is 0 Å². The minimum Gasteiger partial charge on any atom is -0.393 e. The summed E-state index contributed by atoms with van der Waals surface area (Å²) in [6.45, 7) is 0. The van der Waals surface area contributed by atoms with Crippen LogP contribution < -0.4 is 0 Å². The monoisotopic (exact) mass is 246 g/mol. The van der Waals surface area contributed by atoms with E-state index in [-0.39, 0.29) is 20.9 Å². The third kappa shape index (κ3) is 6.57. The molecule has 1 N–H and O–H groups in total. The zero-order valence-corrected chi connectivity index (χ0v) is 10.8. The zero-order chi connectivity index (χ0) is 11.6. The molecule has 1 saturated carbocycles. The molecule has 0 aliphatic heterocycles. The summed E-state index contributed by atoms with van der Waals surface area (Å²) in [4.78, 5) is 0. The Hall–Kier alpha value is 0.0200. The first-order valence-electron chi connectivity index (χ1n) is 6.49. The Kier molecular flexibility index (Phi) is 8.00. The first-order chi connectivity index (χ1) is 7.83. The zero-order valence-electron chi connectivity index (χ0n) is 9.94. The van der Waals surface area contributed by atoms with E-state index in [0.717, 1.165) is 51.4 Å². The number of hydrogen-bond donors (Lipinski definition) is 1. The van der Waals surface area contributed by atoms with Gasteiger partial charge in [-0.3, -0.25) is 4.52 Å². The van der Waals surface area contributed by atoms with Gasteiger partial charge in [-0.25, -0.2) is 4.57 Å². The fraction of sp³-hybridized carbons (Fsp3) is 1.00. The lowest BCUT2D eigenvalue weighted by Crippen LogP contribution is -2.11. The highest BCUT2D eigenvalue weighted by Gasteiger charge is 2.11. The van der Waals surface area contributed by atoms with Gasteiger partial charge in [0.15, 0.2) is 0 Å². The summed E-state index contributed by atoms with van der Waals surface area (Å²) in [6.07, 6.45) is 10.7. The fourth-order valence-electron chi connectivity index (χ4n) is 2.31. The van der Waals surface area contributed by atoms with Crippen molar-refractivity contribution in [3.8, 4) is 0 Å². The topological polar surface area (TPSA) is 46.5 Å². The van der Waals surface area contributed by atoms with Gasteiger partial charge in [0, 0.05) is 0 Å². The van der Waals surface area contributed by atoms with Gasteiger partial charge >= 0.3 is 8.69 Å². The Labute approximate surface area is 99.9 Å². The molecule has 2 atom stereocenters. The van der Waals surface area contributed by atoms with Gasteiger partial charge in [-0.15, -0.1) is 0 Å². The summed E-state index contributed by atoms with van der Waals surface area (Å²) < 4.78 is 15.6. The molecular formula is C12H23O3P. The van der Waals surface area contributed by atoms with Crippen LogP contribution in [0.2, 0.25) is 0 Å². The maximum absolute atomic E-state index is 10.4. The molecule has 94 valence electrons. The van der Waals surface area contributed by atoms with Crippen molar-refractivity contribution in [3.63, 3.8) is 0 Å². The van der Waals surface area contributed by atoms with Crippen LogP contribution in [0.25, 0.3) is 0 Å². The van der Waals surface area contributed by atoms with Crippen molar-refractivity contribution >= 4 is 8.69 Å². The molecule has 1 fully saturated rings. The van der Waals surface area contributed by atoms with E-state index >= 15 is 0 Å². The normalized spacial score (nSPS) is 30.6. The summed E-state index contributed by atoms with van der Waals surface area (Å²) in [5.41, 5.74) is 0. The Bertz CT molecular complexity index is 187. The molecular weight excluding hydrogens is 223 g/mol. The van der Waals surface area contributed by atoms with E-state index in [0.29, 0.717) is 0 Å².